The van der Waals surface area contributed by atoms with E-state index in [1.165, 1.54) is 4.88 Å². The first-order valence-electron chi connectivity index (χ1n) is 7.41. The highest BCUT2D eigenvalue weighted by atomic mass is 32.2. The topological polar surface area (TPSA) is 55.4 Å². The van der Waals surface area contributed by atoms with E-state index in [0.717, 1.165) is 21.6 Å². The Bertz CT molecular complexity index is 794. The number of hydrogen-bond donors (Lipinski definition) is 1. The van der Waals surface area contributed by atoms with Crippen LogP contribution >= 0.6 is 11.3 Å². The monoisotopic (exact) mass is 353 g/mol. The summed E-state index contributed by atoms with van der Waals surface area (Å²) in [7, 11) is -1.97. The summed E-state index contributed by atoms with van der Waals surface area (Å²) in [4.78, 5) is 2.53. The van der Waals surface area contributed by atoms with Crippen LogP contribution in [0.3, 0.4) is 0 Å². The van der Waals surface area contributed by atoms with E-state index in [0.29, 0.717) is 4.90 Å². The summed E-state index contributed by atoms with van der Waals surface area (Å²) >= 11 is 1.61. The van der Waals surface area contributed by atoms with E-state index in [1.807, 2.05) is 45.9 Å². The highest BCUT2D eigenvalue weighted by molar-refractivity contribution is 7.89. The molecule has 0 fully saturated rings. The van der Waals surface area contributed by atoms with Crippen molar-refractivity contribution in [2.24, 2.45) is 0 Å². The van der Waals surface area contributed by atoms with Gasteiger partial charge in [-0.25, -0.2) is 13.1 Å². The molecule has 1 heterocycles. The Hall–Kier alpha value is -1.21. The largest absolute Gasteiger partial charge is 0.375 e. The molecule has 23 heavy (non-hydrogen) atoms. The van der Waals surface area contributed by atoms with E-state index in [-0.39, 0.29) is 12.6 Å². The molecule has 6 heteroatoms. The third kappa shape index (κ3) is 4.20. The molecule has 1 unspecified atom stereocenters. The summed E-state index contributed by atoms with van der Waals surface area (Å²) in [6, 6.07) is 7.61. The van der Waals surface area contributed by atoms with Gasteiger partial charge in [-0.2, -0.15) is 0 Å². The van der Waals surface area contributed by atoms with Gasteiger partial charge in [0, 0.05) is 23.4 Å². The van der Waals surface area contributed by atoms with Crippen LogP contribution in [0.4, 0.5) is 0 Å². The second-order valence-electron chi connectivity index (χ2n) is 5.73. The number of benzene rings is 1. The van der Waals surface area contributed by atoms with Gasteiger partial charge >= 0.3 is 0 Å². The van der Waals surface area contributed by atoms with Gasteiger partial charge < -0.3 is 4.74 Å². The number of rotatable bonds is 6. The maximum absolute atomic E-state index is 12.6. The minimum atomic E-state index is -3.56. The van der Waals surface area contributed by atoms with Crippen LogP contribution in [-0.4, -0.2) is 22.1 Å². The molecule has 0 aliphatic carbocycles. The SMILES string of the molecule is COC(CNS(=O)(=O)c1cc(C)c(C)cc1C)c1ccc(C)s1. The van der Waals surface area contributed by atoms with Gasteiger partial charge in [-0.3, -0.25) is 0 Å². The average molecular weight is 354 g/mol. The number of sulfonamides is 1. The van der Waals surface area contributed by atoms with Crippen molar-refractivity contribution in [2.45, 2.75) is 38.7 Å². The lowest BCUT2D eigenvalue weighted by Gasteiger charge is -2.16. The smallest absolute Gasteiger partial charge is 0.240 e. The lowest BCUT2D eigenvalue weighted by molar-refractivity contribution is 0.110. The fourth-order valence-electron chi connectivity index (χ4n) is 2.41. The molecule has 0 bridgehead atoms. The van der Waals surface area contributed by atoms with Crippen LogP contribution < -0.4 is 4.72 Å². The van der Waals surface area contributed by atoms with Crippen molar-refractivity contribution >= 4 is 21.4 Å². The van der Waals surface area contributed by atoms with Crippen LogP contribution in [0, 0.1) is 27.7 Å². The molecule has 0 aliphatic rings. The van der Waals surface area contributed by atoms with Crippen LogP contribution in [0.25, 0.3) is 0 Å². The van der Waals surface area contributed by atoms with Crippen LogP contribution in [0.5, 0.6) is 0 Å². The molecule has 0 spiro atoms. The molecule has 2 rings (SSSR count). The fraction of sp³-hybridized carbons (Fsp3) is 0.412. The Kier molecular flexibility index (Phi) is 5.62. The first kappa shape index (κ1) is 18.1. The van der Waals surface area contributed by atoms with Crippen molar-refractivity contribution in [3.05, 3.63) is 50.7 Å². The number of thiophene rings is 1. The maximum atomic E-state index is 12.6. The summed E-state index contributed by atoms with van der Waals surface area (Å²) in [5.41, 5.74) is 2.81. The normalized spacial score (nSPS) is 13.3. The van der Waals surface area contributed by atoms with Gasteiger partial charge in [0.05, 0.1) is 4.90 Å². The molecule has 0 saturated carbocycles. The van der Waals surface area contributed by atoms with Crippen LogP contribution in [0.2, 0.25) is 0 Å². The van der Waals surface area contributed by atoms with Gasteiger partial charge in [0.1, 0.15) is 6.10 Å². The van der Waals surface area contributed by atoms with E-state index < -0.39 is 10.0 Å². The first-order chi connectivity index (χ1) is 10.7. The molecule has 4 nitrogen and oxygen atoms in total. The molecule has 1 atom stereocenters. The van der Waals surface area contributed by atoms with Crippen molar-refractivity contribution in [3.63, 3.8) is 0 Å². The van der Waals surface area contributed by atoms with Crippen molar-refractivity contribution in [1.82, 2.24) is 4.72 Å². The van der Waals surface area contributed by atoms with Gasteiger partial charge in [0.25, 0.3) is 0 Å². The molecular formula is C17H23NO3S2. The maximum Gasteiger partial charge on any atom is 0.240 e. The number of hydrogen-bond acceptors (Lipinski definition) is 4. The first-order valence-corrected chi connectivity index (χ1v) is 9.71. The lowest BCUT2D eigenvalue weighted by Crippen LogP contribution is -2.29. The molecule has 126 valence electrons. The number of methoxy groups -OCH3 is 1. The molecule has 1 N–H and O–H groups in total. The van der Waals surface area contributed by atoms with Gasteiger partial charge in [-0.05, 0) is 62.6 Å². The fourth-order valence-corrected chi connectivity index (χ4v) is 4.71. The molecule has 1 aromatic heterocycles. The van der Waals surface area contributed by atoms with Crippen LogP contribution in [-0.2, 0) is 14.8 Å². The lowest BCUT2D eigenvalue weighted by atomic mass is 10.1. The predicted molar refractivity (Wildman–Crippen MR) is 94.6 cm³/mol. The summed E-state index contributed by atoms with van der Waals surface area (Å²) in [5, 5.41) is 0. The predicted octanol–water partition coefficient (Wildman–Crippen LogP) is 3.65. The Morgan fingerprint density at radius 1 is 1.09 bits per heavy atom. The number of aryl methyl sites for hydroxylation is 4. The summed E-state index contributed by atoms with van der Waals surface area (Å²) in [6.07, 6.45) is -0.282. The Morgan fingerprint density at radius 2 is 1.74 bits per heavy atom. The Balaban J connectivity index is 2.20. The zero-order valence-corrected chi connectivity index (χ0v) is 15.8. The van der Waals surface area contributed by atoms with Crippen molar-refractivity contribution < 1.29 is 13.2 Å². The zero-order valence-electron chi connectivity index (χ0n) is 14.1. The third-order valence-electron chi connectivity index (χ3n) is 3.90. The van der Waals surface area contributed by atoms with Crippen LogP contribution in [0.1, 0.15) is 32.5 Å². The van der Waals surface area contributed by atoms with Gasteiger partial charge in [0.15, 0.2) is 0 Å². The van der Waals surface area contributed by atoms with Gasteiger partial charge in [0.2, 0.25) is 10.0 Å². The minimum Gasteiger partial charge on any atom is -0.375 e. The third-order valence-corrected chi connectivity index (χ3v) is 6.56. The van der Waals surface area contributed by atoms with E-state index >= 15 is 0 Å². The van der Waals surface area contributed by atoms with Crippen molar-refractivity contribution in [1.29, 1.82) is 0 Å². The zero-order chi connectivity index (χ0) is 17.2. The second kappa shape index (κ2) is 7.13. The van der Waals surface area contributed by atoms with E-state index in [4.69, 9.17) is 4.74 Å². The molecule has 1 aromatic carbocycles. The quantitative estimate of drug-likeness (QED) is 0.862. The van der Waals surface area contributed by atoms with E-state index in [2.05, 4.69) is 4.72 Å². The number of ether oxygens (including phenoxy) is 1. The minimum absolute atomic E-state index is 0.213. The molecule has 0 radical (unpaired) electrons. The van der Waals surface area contributed by atoms with Crippen molar-refractivity contribution in [3.8, 4) is 0 Å². The Morgan fingerprint density at radius 3 is 2.30 bits per heavy atom. The highest BCUT2D eigenvalue weighted by Gasteiger charge is 2.21. The van der Waals surface area contributed by atoms with E-state index in [9.17, 15) is 8.42 Å². The summed E-state index contributed by atoms with van der Waals surface area (Å²) in [6.45, 7) is 7.94. The van der Waals surface area contributed by atoms with E-state index in [1.54, 1.807) is 24.5 Å². The molecule has 0 saturated heterocycles. The summed E-state index contributed by atoms with van der Waals surface area (Å²) in [5.74, 6) is 0. The van der Waals surface area contributed by atoms with Gasteiger partial charge in [-0.1, -0.05) is 6.07 Å². The highest BCUT2D eigenvalue weighted by Crippen LogP contribution is 2.25. The summed E-state index contributed by atoms with van der Waals surface area (Å²) < 4.78 is 33.3. The Labute approximate surface area is 142 Å². The molecule has 2 aromatic rings. The average Bonchev–Trinajstić information content (AvgIpc) is 2.90. The number of nitrogens with one attached hydrogen (secondary N) is 1. The standard InChI is InChI=1S/C17H23NO3S2/c1-11-8-13(3)17(9-12(11)2)23(19,20)18-10-15(21-5)16-7-6-14(4)22-16/h6-9,15,18H,10H2,1-5H3. The van der Waals surface area contributed by atoms with Crippen LogP contribution in [0.15, 0.2) is 29.2 Å². The molecular weight excluding hydrogens is 330 g/mol. The van der Waals surface area contributed by atoms with Gasteiger partial charge in [-0.15, -0.1) is 11.3 Å². The molecule has 0 aliphatic heterocycles. The second-order valence-corrected chi connectivity index (χ2v) is 8.78. The van der Waals surface area contributed by atoms with Crippen molar-refractivity contribution in [2.75, 3.05) is 13.7 Å². The molecule has 0 amide bonds.